The van der Waals surface area contributed by atoms with Gasteiger partial charge in [-0.2, -0.15) is 0 Å². The summed E-state index contributed by atoms with van der Waals surface area (Å²) in [6.45, 7) is 9.02. The number of benzene rings is 3. The number of fused-ring (bicyclic) bond motifs is 4. The lowest BCUT2D eigenvalue weighted by Gasteiger charge is -2.51. The standard InChI is InChI=1S/C26H28N2O2S/c1-17-12-14-19(15-13-17)31(29,30)28-16-22-25(20-9-5-6-11-23(20)28)27-24-18(2)8-7-10-21(24)26(22,3)4/h5-15,22,25,27H,16H2,1-4H3/t22-,25+/m1/s1. The molecule has 4 nitrogen and oxygen atoms in total. The van der Waals surface area contributed by atoms with Gasteiger partial charge < -0.3 is 5.32 Å². The van der Waals surface area contributed by atoms with Crippen LogP contribution in [0.15, 0.2) is 71.6 Å². The van der Waals surface area contributed by atoms with E-state index >= 15 is 0 Å². The summed E-state index contributed by atoms with van der Waals surface area (Å²) in [5, 5.41) is 3.78. The minimum Gasteiger partial charge on any atom is -0.377 e. The van der Waals surface area contributed by atoms with Crippen molar-refractivity contribution in [2.75, 3.05) is 16.2 Å². The van der Waals surface area contributed by atoms with Crippen molar-refractivity contribution in [1.29, 1.82) is 0 Å². The molecule has 2 aliphatic rings. The molecule has 3 aromatic carbocycles. The van der Waals surface area contributed by atoms with Crippen molar-refractivity contribution in [2.24, 2.45) is 5.92 Å². The van der Waals surface area contributed by atoms with Crippen molar-refractivity contribution in [3.8, 4) is 0 Å². The van der Waals surface area contributed by atoms with Crippen LogP contribution in [0.5, 0.6) is 0 Å². The van der Waals surface area contributed by atoms with E-state index in [0.29, 0.717) is 11.4 Å². The Morgan fingerprint density at radius 3 is 2.39 bits per heavy atom. The number of nitrogens with zero attached hydrogens (tertiary/aromatic N) is 1. The molecule has 0 saturated carbocycles. The van der Waals surface area contributed by atoms with Gasteiger partial charge >= 0.3 is 0 Å². The molecule has 0 saturated heterocycles. The molecule has 3 aromatic rings. The third kappa shape index (κ3) is 2.98. The minimum atomic E-state index is -3.67. The van der Waals surface area contributed by atoms with Gasteiger partial charge in [0, 0.05) is 18.2 Å². The minimum absolute atomic E-state index is 0.0595. The third-order valence-corrected chi connectivity index (χ3v) is 8.90. The molecule has 2 atom stereocenters. The summed E-state index contributed by atoms with van der Waals surface area (Å²) < 4.78 is 29.1. The van der Waals surface area contributed by atoms with Gasteiger partial charge in [-0.1, -0.05) is 67.9 Å². The molecule has 0 unspecified atom stereocenters. The average molecular weight is 433 g/mol. The van der Waals surface area contributed by atoms with Crippen molar-refractivity contribution in [3.05, 3.63) is 89.0 Å². The van der Waals surface area contributed by atoms with Crippen LogP contribution >= 0.6 is 0 Å². The van der Waals surface area contributed by atoms with E-state index in [1.165, 1.54) is 16.8 Å². The first-order chi connectivity index (χ1) is 14.7. The monoisotopic (exact) mass is 432 g/mol. The van der Waals surface area contributed by atoms with Crippen molar-refractivity contribution in [2.45, 2.75) is 44.0 Å². The van der Waals surface area contributed by atoms with E-state index < -0.39 is 10.0 Å². The van der Waals surface area contributed by atoms with E-state index in [1.807, 2.05) is 37.3 Å². The lowest BCUT2D eigenvalue weighted by atomic mass is 9.64. The van der Waals surface area contributed by atoms with Gasteiger partial charge in [0.25, 0.3) is 10.0 Å². The molecule has 160 valence electrons. The van der Waals surface area contributed by atoms with E-state index in [4.69, 9.17) is 0 Å². The van der Waals surface area contributed by atoms with Crippen LogP contribution in [0.2, 0.25) is 0 Å². The highest BCUT2D eigenvalue weighted by Gasteiger charge is 2.49. The molecule has 0 spiro atoms. The predicted molar refractivity (Wildman–Crippen MR) is 126 cm³/mol. The fourth-order valence-corrected chi connectivity index (χ4v) is 6.73. The average Bonchev–Trinajstić information content (AvgIpc) is 2.74. The van der Waals surface area contributed by atoms with E-state index in [2.05, 4.69) is 50.4 Å². The Morgan fingerprint density at radius 1 is 0.935 bits per heavy atom. The van der Waals surface area contributed by atoms with Crippen LogP contribution in [0, 0.1) is 19.8 Å². The van der Waals surface area contributed by atoms with Crippen LogP contribution in [0.25, 0.3) is 0 Å². The molecule has 0 amide bonds. The molecule has 2 aliphatic heterocycles. The summed E-state index contributed by atoms with van der Waals surface area (Å²) in [6, 6.07) is 21.5. The first kappa shape index (κ1) is 20.1. The van der Waals surface area contributed by atoms with Crippen molar-refractivity contribution in [3.63, 3.8) is 0 Å². The van der Waals surface area contributed by atoms with Crippen LogP contribution in [0.3, 0.4) is 0 Å². The number of para-hydroxylation sites is 2. The quantitative estimate of drug-likeness (QED) is 0.576. The second-order valence-corrected chi connectivity index (χ2v) is 11.2. The van der Waals surface area contributed by atoms with Crippen molar-refractivity contribution < 1.29 is 8.42 Å². The Kier molecular flexibility index (Phi) is 4.45. The van der Waals surface area contributed by atoms with Gasteiger partial charge in [0.2, 0.25) is 0 Å². The molecule has 0 radical (unpaired) electrons. The molecule has 31 heavy (non-hydrogen) atoms. The highest BCUT2D eigenvalue weighted by atomic mass is 32.2. The second-order valence-electron chi connectivity index (χ2n) is 9.36. The molecule has 2 heterocycles. The lowest BCUT2D eigenvalue weighted by Crippen LogP contribution is -2.52. The smallest absolute Gasteiger partial charge is 0.264 e. The zero-order valence-corrected chi connectivity index (χ0v) is 19.2. The first-order valence-electron chi connectivity index (χ1n) is 10.8. The number of nitrogens with one attached hydrogen (secondary N) is 1. The Bertz CT molecular complexity index is 1260. The topological polar surface area (TPSA) is 49.4 Å². The number of anilines is 2. The number of hydrogen-bond acceptors (Lipinski definition) is 3. The van der Waals surface area contributed by atoms with Crippen LogP contribution < -0.4 is 9.62 Å². The Balaban J connectivity index is 1.68. The first-order valence-corrected chi connectivity index (χ1v) is 12.2. The maximum atomic E-state index is 13.8. The Hall–Kier alpha value is -2.79. The second kappa shape index (κ2) is 6.86. The molecule has 0 aromatic heterocycles. The van der Waals surface area contributed by atoms with Crippen LogP contribution in [-0.2, 0) is 15.4 Å². The van der Waals surface area contributed by atoms with Crippen molar-refractivity contribution >= 4 is 21.4 Å². The molecule has 1 N–H and O–H groups in total. The molecule has 5 heteroatoms. The van der Waals surface area contributed by atoms with Gasteiger partial charge in [0.1, 0.15) is 0 Å². The number of sulfonamides is 1. The van der Waals surface area contributed by atoms with Gasteiger partial charge in [-0.3, -0.25) is 4.31 Å². The number of hydrogen-bond donors (Lipinski definition) is 1. The normalized spacial score (nSPS) is 21.5. The van der Waals surface area contributed by atoms with Gasteiger partial charge in [-0.15, -0.1) is 0 Å². The van der Waals surface area contributed by atoms with E-state index in [-0.39, 0.29) is 17.4 Å². The van der Waals surface area contributed by atoms with E-state index in [1.54, 1.807) is 16.4 Å². The summed E-state index contributed by atoms with van der Waals surface area (Å²) >= 11 is 0. The van der Waals surface area contributed by atoms with E-state index in [0.717, 1.165) is 16.8 Å². The molecule has 0 bridgehead atoms. The molecule has 0 aliphatic carbocycles. The van der Waals surface area contributed by atoms with Gasteiger partial charge in [-0.25, -0.2) is 8.42 Å². The fraction of sp³-hybridized carbons (Fsp3) is 0.308. The maximum Gasteiger partial charge on any atom is 0.264 e. The molecular weight excluding hydrogens is 404 g/mol. The molecular formula is C26H28N2O2S. The zero-order valence-electron chi connectivity index (χ0n) is 18.4. The van der Waals surface area contributed by atoms with E-state index in [9.17, 15) is 8.42 Å². The van der Waals surface area contributed by atoms with Gasteiger partial charge in [-0.05, 0) is 54.2 Å². The molecule has 5 rings (SSSR count). The number of rotatable bonds is 2. The summed E-state index contributed by atoms with van der Waals surface area (Å²) in [5.74, 6) is 0.0944. The highest BCUT2D eigenvalue weighted by molar-refractivity contribution is 7.92. The summed E-state index contributed by atoms with van der Waals surface area (Å²) in [5.41, 5.74) is 6.31. The fourth-order valence-electron chi connectivity index (χ4n) is 5.22. The Labute approximate surface area is 185 Å². The summed E-state index contributed by atoms with van der Waals surface area (Å²) in [7, 11) is -3.67. The van der Waals surface area contributed by atoms with Crippen LogP contribution in [0.1, 0.15) is 42.1 Å². The largest absolute Gasteiger partial charge is 0.377 e. The molecule has 0 fully saturated rings. The third-order valence-electron chi connectivity index (χ3n) is 7.11. The zero-order chi connectivity index (χ0) is 22.0. The lowest BCUT2D eigenvalue weighted by molar-refractivity contribution is 0.269. The maximum absolute atomic E-state index is 13.8. The van der Waals surface area contributed by atoms with Gasteiger partial charge in [0.05, 0.1) is 16.6 Å². The predicted octanol–water partition coefficient (Wildman–Crippen LogP) is 5.57. The van der Waals surface area contributed by atoms with Crippen LogP contribution in [0.4, 0.5) is 11.4 Å². The summed E-state index contributed by atoms with van der Waals surface area (Å²) in [6.07, 6.45) is 0. The van der Waals surface area contributed by atoms with Crippen molar-refractivity contribution in [1.82, 2.24) is 0 Å². The Morgan fingerprint density at radius 2 is 1.65 bits per heavy atom. The highest BCUT2D eigenvalue weighted by Crippen LogP contribution is 2.54. The van der Waals surface area contributed by atoms with Crippen LogP contribution in [-0.4, -0.2) is 15.0 Å². The number of aryl methyl sites for hydroxylation is 2. The summed E-state index contributed by atoms with van der Waals surface area (Å²) in [4.78, 5) is 0.337. The van der Waals surface area contributed by atoms with Gasteiger partial charge in [0.15, 0.2) is 0 Å². The SMILES string of the molecule is Cc1ccc(S(=O)(=O)N2C[C@@H]3[C@@H](Nc4c(C)cccc4C3(C)C)c3ccccc32)cc1.